The molecule has 0 spiro atoms. The van der Waals surface area contributed by atoms with E-state index in [9.17, 15) is 0 Å². The van der Waals surface area contributed by atoms with Crippen LogP contribution in [0.3, 0.4) is 0 Å². The summed E-state index contributed by atoms with van der Waals surface area (Å²) >= 11 is 0. The normalized spacial score (nSPS) is 14.7. The van der Waals surface area contributed by atoms with Crippen LogP contribution in [0.2, 0.25) is 0 Å². The first-order valence-electron chi connectivity index (χ1n) is 23.6. The molecule has 68 heavy (non-hydrogen) atoms. The Labute approximate surface area is 403 Å². The fraction of sp³-hybridized carbons (Fsp3) is 0.100. The Morgan fingerprint density at radius 1 is 0.250 bits per heavy atom. The van der Waals surface area contributed by atoms with E-state index in [1.165, 1.54) is 0 Å². The summed E-state index contributed by atoms with van der Waals surface area (Å²) in [5, 5.41) is 8.23. The molecule has 9 aromatic rings. The fourth-order valence-electron chi connectivity index (χ4n) is 11.0. The predicted octanol–water partition coefficient (Wildman–Crippen LogP) is 12.5. The summed E-state index contributed by atoms with van der Waals surface area (Å²) in [6.07, 6.45) is 1.32. The monoisotopic (exact) mass is 968 g/mol. The molecular weight excluding hydrogens is 909 g/mol. The van der Waals surface area contributed by atoms with Crippen molar-refractivity contribution in [2.75, 3.05) is 18.5 Å². The van der Waals surface area contributed by atoms with Gasteiger partial charge in [0.1, 0.15) is 0 Å². The van der Waals surface area contributed by atoms with E-state index in [-0.39, 0.29) is 0 Å². The Hall–Kier alpha value is -5.62. The summed E-state index contributed by atoms with van der Waals surface area (Å²) in [5.41, 5.74) is 0. The van der Waals surface area contributed by atoms with Gasteiger partial charge in [-0.25, -0.2) is 0 Å². The average Bonchev–Trinajstić information content (AvgIpc) is 3.44. The number of benzene rings is 9. The molecule has 0 saturated carbocycles. The van der Waals surface area contributed by atoms with Gasteiger partial charge in [0.25, 0.3) is 0 Å². The molecule has 0 fully saturated rings. The van der Waals surface area contributed by atoms with Gasteiger partial charge in [0, 0.05) is 0 Å². The van der Waals surface area contributed by atoms with Gasteiger partial charge in [-0.3, -0.25) is 0 Å². The molecule has 0 atom stereocenters. The molecule has 0 N–H and O–H groups in total. The van der Waals surface area contributed by atoms with Crippen molar-refractivity contribution in [1.82, 2.24) is 0 Å². The molecule has 0 aromatic heterocycles. The maximum atomic E-state index is 18.9. The van der Waals surface area contributed by atoms with Crippen LogP contribution in [0.15, 0.2) is 273 Å². The summed E-state index contributed by atoms with van der Waals surface area (Å²) in [6.45, 7) is -7.01. The Morgan fingerprint density at radius 2 is 0.368 bits per heavy atom. The van der Waals surface area contributed by atoms with Crippen molar-refractivity contribution in [3.63, 3.8) is 0 Å². The molecule has 0 radical (unpaired) electrons. The van der Waals surface area contributed by atoms with Gasteiger partial charge in [0.15, 0.2) is 0 Å². The van der Waals surface area contributed by atoms with E-state index >= 15 is 4.57 Å². The molecule has 8 heteroatoms. The van der Waals surface area contributed by atoms with Gasteiger partial charge in [0.2, 0.25) is 0 Å². The molecule has 0 aliphatic carbocycles. The standard InChI is InChI=1S/C60H60O4P4/c1-4-66(52-34-16-7-17-35-52,53-36-18-8-19-37-53,54-38-20-9-21-39-54)62-65(61,63-67(5-2,55-40-22-10-23-41-55,56-42-24-11-25-43-56)57-44-26-12-27-45-57)64-68(6-3,58-46-28-13-29-47-58,59-48-30-14-31-49-59)60-50-32-15-33-51-60/h7-51H,4-6H2,1-3H3. The average molecular weight is 969 g/mol. The van der Waals surface area contributed by atoms with E-state index in [0.29, 0.717) is 18.5 Å². The minimum atomic E-state index is -5.14. The third kappa shape index (κ3) is 7.25. The van der Waals surface area contributed by atoms with Crippen molar-refractivity contribution >= 4 is 76.1 Å². The third-order valence-corrected chi connectivity index (χ3v) is 37.2. The van der Waals surface area contributed by atoms with Gasteiger partial charge >= 0.3 is 406 Å². The number of phosphoric acid groups is 1. The predicted molar refractivity (Wildman–Crippen MR) is 298 cm³/mol. The Kier molecular flexibility index (Phi) is 13.3. The quantitative estimate of drug-likeness (QED) is 0.0804. The van der Waals surface area contributed by atoms with Gasteiger partial charge < -0.3 is 0 Å². The van der Waals surface area contributed by atoms with E-state index in [4.69, 9.17) is 12.9 Å². The van der Waals surface area contributed by atoms with Crippen LogP contribution in [-0.4, -0.2) is 18.5 Å². The first-order valence-corrected chi connectivity index (χ1v) is 32.0. The van der Waals surface area contributed by atoms with E-state index in [2.05, 4.69) is 239 Å². The SMILES string of the molecule is CCP(OP(=O)(OP(CC)(c1ccccc1)(c1ccccc1)c1ccccc1)OP(CC)(c1ccccc1)(c1ccccc1)c1ccccc1)(c1ccccc1)(c1ccccc1)c1ccccc1. The molecule has 0 bridgehead atoms. The first-order chi connectivity index (χ1) is 33.3. The van der Waals surface area contributed by atoms with Gasteiger partial charge in [-0.2, -0.15) is 0 Å². The topological polar surface area (TPSA) is 44.8 Å². The molecular formula is C60H60O4P4. The second kappa shape index (κ2) is 19.1. The molecule has 4 nitrogen and oxygen atoms in total. The fourth-order valence-corrected chi connectivity index (χ4v) is 35.4. The van der Waals surface area contributed by atoms with E-state index in [1.807, 2.05) is 54.6 Å². The van der Waals surface area contributed by atoms with E-state index in [1.54, 1.807) is 0 Å². The second-order valence-electron chi connectivity index (χ2n) is 17.3. The summed E-state index contributed by atoms with van der Waals surface area (Å²) in [6, 6.07) is 93.8. The van der Waals surface area contributed by atoms with Gasteiger partial charge in [-0.1, -0.05) is 0 Å². The van der Waals surface area contributed by atoms with Crippen LogP contribution < -0.4 is 47.7 Å². The third-order valence-electron chi connectivity index (χ3n) is 14.4. The Bertz CT molecular complexity index is 2460. The molecule has 0 heterocycles. The van der Waals surface area contributed by atoms with Crippen LogP contribution in [0.5, 0.6) is 0 Å². The minimum absolute atomic E-state index is 0.439. The maximum absolute atomic E-state index is 18.9. The molecule has 0 amide bonds. The molecule has 0 aliphatic rings. The van der Waals surface area contributed by atoms with Gasteiger partial charge in [-0.05, 0) is 0 Å². The van der Waals surface area contributed by atoms with Crippen molar-refractivity contribution in [3.05, 3.63) is 273 Å². The van der Waals surface area contributed by atoms with Crippen LogP contribution in [-0.2, 0) is 17.5 Å². The van der Waals surface area contributed by atoms with Gasteiger partial charge in [0.05, 0.1) is 0 Å². The summed E-state index contributed by atoms with van der Waals surface area (Å²) in [4.78, 5) is 0. The first kappa shape index (κ1) is 47.4. The van der Waals surface area contributed by atoms with Crippen LogP contribution >= 0.6 is 28.3 Å². The molecule has 344 valence electrons. The zero-order chi connectivity index (χ0) is 47.1. The number of rotatable bonds is 18. The zero-order valence-electron chi connectivity index (χ0n) is 39.0. The van der Waals surface area contributed by atoms with Crippen LogP contribution in [0.1, 0.15) is 20.8 Å². The molecule has 9 rings (SSSR count). The zero-order valence-corrected chi connectivity index (χ0v) is 42.6. The van der Waals surface area contributed by atoms with Crippen molar-refractivity contribution in [2.45, 2.75) is 20.8 Å². The van der Waals surface area contributed by atoms with Crippen LogP contribution in [0.25, 0.3) is 0 Å². The van der Waals surface area contributed by atoms with E-state index in [0.717, 1.165) is 47.7 Å². The van der Waals surface area contributed by atoms with Crippen LogP contribution in [0.4, 0.5) is 0 Å². The van der Waals surface area contributed by atoms with Crippen molar-refractivity contribution in [3.8, 4) is 0 Å². The summed E-state index contributed by atoms with van der Waals surface area (Å²) < 4.78 is 44.5. The van der Waals surface area contributed by atoms with Crippen LogP contribution in [0, 0.1) is 0 Å². The van der Waals surface area contributed by atoms with Crippen molar-refractivity contribution in [2.24, 2.45) is 0 Å². The number of hydrogen-bond donors (Lipinski definition) is 0. The van der Waals surface area contributed by atoms with Crippen molar-refractivity contribution < 1.29 is 17.5 Å². The van der Waals surface area contributed by atoms with E-state index < -0.39 is 28.3 Å². The molecule has 0 unspecified atom stereocenters. The number of hydrogen-bond acceptors (Lipinski definition) is 4. The molecule has 0 saturated heterocycles. The second-order valence-corrected chi connectivity index (χ2v) is 34.0. The Morgan fingerprint density at radius 3 is 0.471 bits per heavy atom. The summed E-state index contributed by atoms with van der Waals surface area (Å²) in [5.74, 6) is 0. The molecule has 0 aliphatic heterocycles. The molecule has 9 aromatic carbocycles. The Balaban J connectivity index is 1.54. The van der Waals surface area contributed by atoms with Gasteiger partial charge in [-0.15, -0.1) is 0 Å². The summed E-state index contributed by atoms with van der Waals surface area (Å²) in [7, 11) is -5.14. The van der Waals surface area contributed by atoms with Crippen molar-refractivity contribution in [1.29, 1.82) is 0 Å².